The monoisotopic (exact) mass is 302 g/mol. The van der Waals surface area contributed by atoms with Gasteiger partial charge in [0.15, 0.2) is 10.9 Å². The van der Waals surface area contributed by atoms with E-state index in [0.717, 1.165) is 36.1 Å². The first-order valence-corrected chi connectivity index (χ1v) is 7.99. The van der Waals surface area contributed by atoms with Gasteiger partial charge in [0.25, 0.3) is 0 Å². The Bertz CT molecular complexity index is 612. The first-order valence-electron chi connectivity index (χ1n) is 7.11. The van der Waals surface area contributed by atoms with E-state index in [9.17, 15) is 4.79 Å². The van der Waals surface area contributed by atoms with Gasteiger partial charge in [0.05, 0.1) is 31.4 Å². The second kappa shape index (κ2) is 6.37. The molecule has 1 atom stereocenters. The number of morpholine rings is 1. The molecule has 3 rings (SSSR count). The number of hydrogen-bond acceptors (Lipinski definition) is 5. The molecule has 1 aliphatic rings. The van der Waals surface area contributed by atoms with Gasteiger partial charge in [-0.2, -0.15) is 0 Å². The molecular weight excluding hydrogens is 284 g/mol. The summed E-state index contributed by atoms with van der Waals surface area (Å²) in [5.41, 5.74) is 1.59. The van der Waals surface area contributed by atoms with Crippen LogP contribution >= 0.6 is 11.3 Å². The fraction of sp³-hybridized carbons (Fsp3) is 0.375. The molecule has 110 valence electrons. The van der Waals surface area contributed by atoms with Crippen LogP contribution in [-0.2, 0) is 11.2 Å². The number of benzene rings is 1. The van der Waals surface area contributed by atoms with Crippen molar-refractivity contribution in [3.63, 3.8) is 0 Å². The fourth-order valence-corrected chi connectivity index (χ4v) is 3.37. The van der Waals surface area contributed by atoms with E-state index < -0.39 is 0 Å². The van der Waals surface area contributed by atoms with Crippen molar-refractivity contribution >= 4 is 22.3 Å². The maximum absolute atomic E-state index is 12.2. The molecule has 0 aliphatic carbocycles. The number of carbonyl (C=O) groups is 1. The molecule has 4 nitrogen and oxygen atoms in total. The van der Waals surface area contributed by atoms with Crippen LogP contribution in [0.2, 0.25) is 0 Å². The lowest BCUT2D eigenvalue weighted by Crippen LogP contribution is -2.43. The van der Waals surface area contributed by atoms with Crippen molar-refractivity contribution < 1.29 is 9.53 Å². The number of aromatic nitrogens is 1. The van der Waals surface area contributed by atoms with Crippen molar-refractivity contribution in [1.29, 1.82) is 0 Å². The minimum Gasteiger partial charge on any atom is -0.377 e. The Balaban J connectivity index is 1.69. The Hall–Kier alpha value is -1.72. The second-order valence-electron chi connectivity index (χ2n) is 5.20. The number of ether oxygens (including phenoxy) is 1. The first kappa shape index (κ1) is 14.2. The van der Waals surface area contributed by atoms with E-state index >= 15 is 0 Å². The van der Waals surface area contributed by atoms with Crippen molar-refractivity contribution in [2.45, 2.75) is 19.4 Å². The average molecular weight is 302 g/mol. The molecule has 1 fully saturated rings. The Labute approximate surface area is 128 Å². The summed E-state index contributed by atoms with van der Waals surface area (Å²) in [6.07, 6.45) is 0.360. The molecule has 0 amide bonds. The van der Waals surface area contributed by atoms with Crippen molar-refractivity contribution in [3.05, 3.63) is 47.0 Å². The van der Waals surface area contributed by atoms with E-state index in [0.29, 0.717) is 12.5 Å². The van der Waals surface area contributed by atoms with Crippen LogP contribution in [0.3, 0.4) is 0 Å². The quantitative estimate of drug-likeness (QED) is 0.815. The Morgan fingerprint density at radius 3 is 3.00 bits per heavy atom. The zero-order chi connectivity index (χ0) is 14.7. The van der Waals surface area contributed by atoms with E-state index in [2.05, 4.69) is 16.8 Å². The first-order chi connectivity index (χ1) is 10.2. The number of thiazole rings is 1. The van der Waals surface area contributed by atoms with Gasteiger partial charge in [0.1, 0.15) is 0 Å². The highest BCUT2D eigenvalue weighted by Gasteiger charge is 2.22. The lowest BCUT2D eigenvalue weighted by Gasteiger charge is -2.32. The molecule has 1 saturated heterocycles. The molecule has 5 heteroatoms. The lowest BCUT2D eigenvalue weighted by atomic mass is 10.1. The summed E-state index contributed by atoms with van der Waals surface area (Å²) >= 11 is 1.60. The summed E-state index contributed by atoms with van der Waals surface area (Å²) in [7, 11) is 0. The maximum Gasteiger partial charge on any atom is 0.185 e. The molecular formula is C16H18N2O2S. The predicted octanol–water partition coefficient (Wildman–Crippen LogP) is 2.79. The number of rotatable bonds is 4. The molecule has 1 aromatic carbocycles. The van der Waals surface area contributed by atoms with Crippen molar-refractivity contribution in [1.82, 2.24) is 4.98 Å². The normalized spacial score (nSPS) is 18.7. The fourth-order valence-electron chi connectivity index (χ4n) is 2.41. The van der Waals surface area contributed by atoms with Crippen LogP contribution in [0.4, 0.5) is 5.13 Å². The third-order valence-electron chi connectivity index (χ3n) is 3.59. The Kier molecular flexibility index (Phi) is 4.31. The van der Waals surface area contributed by atoms with Gasteiger partial charge < -0.3 is 9.64 Å². The summed E-state index contributed by atoms with van der Waals surface area (Å²) < 4.78 is 5.44. The van der Waals surface area contributed by atoms with E-state index in [4.69, 9.17) is 4.74 Å². The largest absolute Gasteiger partial charge is 0.377 e. The topological polar surface area (TPSA) is 42.4 Å². The minimum absolute atomic E-state index is 0.113. The van der Waals surface area contributed by atoms with E-state index in [1.54, 1.807) is 11.3 Å². The zero-order valence-corrected chi connectivity index (χ0v) is 12.8. The Morgan fingerprint density at radius 2 is 2.24 bits per heavy atom. The SMILES string of the molecule is CC1COCCN1c1nc(CC(=O)c2ccccc2)cs1. The third kappa shape index (κ3) is 3.31. The number of hydrogen-bond donors (Lipinski definition) is 0. The van der Waals surface area contributed by atoms with E-state index in [-0.39, 0.29) is 5.78 Å². The van der Waals surface area contributed by atoms with Crippen LogP contribution in [0.1, 0.15) is 23.0 Å². The molecule has 2 aromatic rings. The number of ketones is 1. The molecule has 2 heterocycles. The van der Waals surface area contributed by atoms with Gasteiger partial charge in [-0.1, -0.05) is 30.3 Å². The van der Waals surface area contributed by atoms with Crippen molar-refractivity contribution in [3.8, 4) is 0 Å². The van der Waals surface area contributed by atoms with Crippen LogP contribution < -0.4 is 4.90 Å². The van der Waals surface area contributed by atoms with Crippen LogP contribution in [0.25, 0.3) is 0 Å². The van der Waals surface area contributed by atoms with Crippen LogP contribution in [0, 0.1) is 0 Å². The Morgan fingerprint density at radius 1 is 1.43 bits per heavy atom. The molecule has 0 saturated carbocycles. The molecule has 1 unspecified atom stereocenters. The predicted molar refractivity (Wildman–Crippen MR) is 84.2 cm³/mol. The summed E-state index contributed by atoms with van der Waals surface area (Å²) in [5.74, 6) is 0.113. The zero-order valence-electron chi connectivity index (χ0n) is 12.0. The summed E-state index contributed by atoms with van der Waals surface area (Å²) in [6.45, 7) is 4.47. The molecule has 1 aromatic heterocycles. The highest BCUT2D eigenvalue weighted by atomic mass is 32.1. The van der Waals surface area contributed by atoms with Gasteiger partial charge in [0.2, 0.25) is 0 Å². The van der Waals surface area contributed by atoms with E-state index in [1.165, 1.54) is 0 Å². The van der Waals surface area contributed by atoms with E-state index in [1.807, 2.05) is 35.7 Å². The maximum atomic E-state index is 12.2. The minimum atomic E-state index is 0.113. The van der Waals surface area contributed by atoms with Crippen LogP contribution in [0.15, 0.2) is 35.7 Å². The molecule has 0 spiro atoms. The van der Waals surface area contributed by atoms with Crippen molar-refractivity contribution in [2.24, 2.45) is 0 Å². The summed E-state index contributed by atoms with van der Waals surface area (Å²) in [6, 6.07) is 9.71. The lowest BCUT2D eigenvalue weighted by molar-refractivity contribution is 0.0984. The molecule has 0 N–H and O–H groups in total. The number of carbonyl (C=O) groups excluding carboxylic acids is 1. The van der Waals surface area contributed by atoms with Crippen molar-refractivity contribution in [2.75, 3.05) is 24.7 Å². The van der Waals surface area contributed by atoms with Crippen LogP contribution in [-0.4, -0.2) is 36.6 Å². The summed E-state index contributed by atoms with van der Waals surface area (Å²) in [5, 5.41) is 2.97. The average Bonchev–Trinajstić information content (AvgIpc) is 2.97. The number of Topliss-reactive ketones (excluding diaryl/α,β-unsaturated/α-hetero) is 1. The molecule has 0 radical (unpaired) electrons. The number of nitrogens with zero attached hydrogens (tertiary/aromatic N) is 2. The summed E-state index contributed by atoms with van der Waals surface area (Å²) in [4.78, 5) is 19.1. The van der Waals surface area contributed by atoms with Gasteiger partial charge in [-0.3, -0.25) is 4.79 Å². The highest BCUT2D eigenvalue weighted by molar-refractivity contribution is 7.13. The molecule has 21 heavy (non-hydrogen) atoms. The van der Waals surface area contributed by atoms with Gasteiger partial charge in [-0.05, 0) is 6.92 Å². The van der Waals surface area contributed by atoms with Crippen LogP contribution in [0.5, 0.6) is 0 Å². The highest BCUT2D eigenvalue weighted by Crippen LogP contribution is 2.24. The van der Waals surface area contributed by atoms with Gasteiger partial charge in [-0.15, -0.1) is 11.3 Å². The van der Waals surface area contributed by atoms with Gasteiger partial charge in [0, 0.05) is 17.5 Å². The third-order valence-corrected chi connectivity index (χ3v) is 4.52. The van der Waals surface area contributed by atoms with Gasteiger partial charge >= 0.3 is 0 Å². The smallest absolute Gasteiger partial charge is 0.185 e. The van der Waals surface area contributed by atoms with Gasteiger partial charge in [-0.25, -0.2) is 4.98 Å². The molecule has 0 bridgehead atoms. The molecule has 1 aliphatic heterocycles. The standard InChI is InChI=1S/C16H18N2O2S/c1-12-10-20-8-7-18(12)16-17-14(11-21-16)9-15(19)13-5-3-2-4-6-13/h2-6,11-12H,7-10H2,1H3. The second-order valence-corrected chi connectivity index (χ2v) is 6.04. The number of anilines is 1.